The van der Waals surface area contributed by atoms with E-state index in [0.29, 0.717) is 6.61 Å². The Morgan fingerprint density at radius 1 is 1.05 bits per heavy atom. The average Bonchev–Trinajstić information content (AvgIpc) is 2.53. The second kappa shape index (κ2) is 7.35. The van der Waals surface area contributed by atoms with Gasteiger partial charge in [0.2, 0.25) is 0 Å². The zero-order valence-corrected chi connectivity index (χ0v) is 13.9. The number of ether oxygens (including phenoxy) is 1. The van der Waals surface area contributed by atoms with Crippen LogP contribution in [-0.4, -0.2) is 6.61 Å². The van der Waals surface area contributed by atoms with Crippen LogP contribution >= 0.6 is 0 Å². The van der Waals surface area contributed by atoms with E-state index in [1.807, 2.05) is 12.1 Å². The molecule has 0 amide bonds. The maximum atomic E-state index is 6.14. The number of hydrogen-bond acceptors (Lipinski definition) is 2. The van der Waals surface area contributed by atoms with Crippen molar-refractivity contribution in [1.82, 2.24) is 0 Å². The van der Waals surface area contributed by atoms with E-state index in [0.717, 1.165) is 30.7 Å². The first kappa shape index (κ1) is 16.4. The van der Waals surface area contributed by atoms with E-state index in [4.69, 9.17) is 10.5 Å². The highest BCUT2D eigenvalue weighted by Gasteiger charge is 2.18. The molecule has 0 aliphatic heterocycles. The van der Waals surface area contributed by atoms with Crippen molar-refractivity contribution in [3.8, 4) is 5.75 Å². The number of aryl methyl sites for hydroxylation is 1. The average molecular weight is 297 g/mol. The molecule has 2 nitrogen and oxygen atoms in total. The van der Waals surface area contributed by atoms with Gasteiger partial charge in [-0.25, -0.2) is 0 Å². The molecular weight excluding hydrogens is 270 g/mol. The van der Waals surface area contributed by atoms with Crippen molar-refractivity contribution in [2.75, 3.05) is 12.3 Å². The minimum atomic E-state index is 0.153. The molecule has 2 aromatic rings. The van der Waals surface area contributed by atoms with Gasteiger partial charge in [-0.1, -0.05) is 57.2 Å². The Balaban J connectivity index is 1.88. The van der Waals surface area contributed by atoms with Crippen LogP contribution in [0.1, 0.15) is 44.7 Å². The fraction of sp³-hybridized carbons (Fsp3) is 0.400. The number of rotatable bonds is 7. The van der Waals surface area contributed by atoms with Crippen molar-refractivity contribution in [3.05, 3.63) is 59.7 Å². The van der Waals surface area contributed by atoms with Crippen LogP contribution in [0.15, 0.2) is 48.5 Å². The van der Waals surface area contributed by atoms with Crippen molar-refractivity contribution < 1.29 is 4.74 Å². The monoisotopic (exact) mass is 297 g/mol. The SMILES string of the molecule is CCC(C)(C)c1ccc(OCCCc2ccccc2)c(N)c1. The number of nitrogen functional groups attached to an aromatic ring is 1. The van der Waals surface area contributed by atoms with Crippen LogP contribution in [0.5, 0.6) is 5.75 Å². The van der Waals surface area contributed by atoms with Gasteiger partial charge in [0.15, 0.2) is 0 Å². The first-order valence-corrected chi connectivity index (χ1v) is 8.09. The maximum absolute atomic E-state index is 6.14. The van der Waals surface area contributed by atoms with Crippen molar-refractivity contribution in [2.24, 2.45) is 0 Å². The normalized spacial score (nSPS) is 11.4. The summed E-state index contributed by atoms with van der Waals surface area (Å²) in [4.78, 5) is 0. The summed E-state index contributed by atoms with van der Waals surface area (Å²) in [6, 6.07) is 16.7. The first-order chi connectivity index (χ1) is 10.5. The Morgan fingerprint density at radius 2 is 1.77 bits per heavy atom. The third-order valence-electron chi connectivity index (χ3n) is 4.39. The lowest BCUT2D eigenvalue weighted by Crippen LogP contribution is -2.15. The van der Waals surface area contributed by atoms with E-state index in [9.17, 15) is 0 Å². The highest BCUT2D eigenvalue weighted by molar-refractivity contribution is 5.55. The van der Waals surface area contributed by atoms with E-state index < -0.39 is 0 Å². The molecule has 2 aromatic carbocycles. The molecule has 2 rings (SSSR count). The van der Waals surface area contributed by atoms with Gasteiger partial charge in [0.25, 0.3) is 0 Å². The molecule has 0 unspecified atom stereocenters. The Labute approximate surface area is 134 Å². The lowest BCUT2D eigenvalue weighted by molar-refractivity contribution is 0.312. The molecule has 22 heavy (non-hydrogen) atoms. The second-order valence-electron chi connectivity index (χ2n) is 6.43. The smallest absolute Gasteiger partial charge is 0.142 e. The standard InChI is InChI=1S/C20H27NO/c1-4-20(2,3)17-12-13-19(18(21)15-17)22-14-8-11-16-9-6-5-7-10-16/h5-7,9-10,12-13,15H,4,8,11,14,21H2,1-3H3. The lowest BCUT2D eigenvalue weighted by atomic mass is 9.82. The maximum Gasteiger partial charge on any atom is 0.142 e. The van der Waals surface area contributed by atoms with Crippen molar-refractivity contribution in [2.45, 2.75) is 45.4 Å². The number of anilines is 1. The van der Waals surface area contributed by atoms with Crippen LogP contribution in [0.3, 0.4) is 0 Å². The largest absolute Gasteiger partial charge is 0.491 e. The van der Waals surface area contributed by atoms with Crippen LogP contribution < -0.4 is 10.5 Å². The Hall–Kier alpha value is -1.96. The molecule has 0 aliphatic carbocycles. The summed E-state index contributed by atoms with van der Waals surface area (Å²) in [5, 5.41) is 0. The molecule has 0 radical (unpaired) electrons. The van der Waals surface area contributed by atoms with Crippen molar-refractivity contribution in [1.29, 1.82) is 0 Å². The van der Waals surface area contributed by atoms with Gasteiger partial charge >= 0.3 is 0 Å². The number of nitrogens with two attached hydrogens (primary N) is 1. The lowest BCUT2D eigenvalue weighted by Gasteiger charge is -2.24. The Kier molecular flexibility index (Phi) is 5.48. The van der Waals surface area contributed by atoms with Gasteiger partial charge in [-0.15, -0.1) is 0 Å². The Bertz CT molecular complexity index is 590. The van der Waals surface area contributed by atoms with Gasteiger partial charge in [0.05, 0.1) is 12.3 Å². The predicted octanol–water partition coefficient (Wildman–Crippen LogP) is 4.97. The van der Waals surface area contributed by atoms with Gasteiger partial charge in [-0.2, -0.15) is 0 Å². The molecule has 0 aromatic heterocycles. The van der Waals surface area contributed by atoms with Gasteiger partial charge in [0.1, 0.15) is 5.75 Å². The third-order valence-corrected chi connectivity index (χ3v) is 4.39. The van der Waals surface area contributed by atoms with E-state index in [1.165, 1.54) is 11.1 Å². The summed E-state index contributed by atoms with van der Waals surface area (Å²) in [5.41, 5.74) is 9.64. The van der Waals surface area contributed by atoms with Crippen molar-refractivity contribution >= 4 is 5.69 Å². The van der Waals surface area contributed by atoms with Crippen LogP contribution in [0.2, 0.25) is 0 Å². The van der Waals surface area contributed by atoms with Gasteiger partial charge in [-0.3, -0.25) is 0 Å². The van der Waals surface area contributed by atoms with Crippen molar-refractivity contribution in [3.63, 3.8) is 0 Å². The molecular formula is C20H27NO. The summed E-state index contributed by atoms with van der Waals surface area (Å²) in [7, 11) is 0. The molecule has 0 aliphatic rings. The van der Waals surface area contributed by atoms with Gasteiger partial charge < -0.3 is 10.5 Å². The van der Waals surface area contributed by atoms with E-state index in [2.05, 4.69) is 57.2 Å². The fourth-order valence-electron chi connectivity index (χ4n) is 2.41. The third kappa shape index (κ3) is 4.27. The molecule has 0 fully saturated rings. The zero-order chi connectivity index (χ0) is 16.0. The van der Waals surface area contributed by atoms with Gasteiger partial charge in [0, 0.05) is 0 Å². The van der Waals surface area contributed by atoms with E-state index >= 15 is 0 Å². The summed E-state index contributed by atoms with van der Waals surface area (Å²) < 4.78 is 5.83. The van der Waals surface area contributed by atoms with Gasteiger partial charge in [-0.05, 0) is 47.9 Å². The van der Waals surface area contributed by atoms with Crippen LogP contribution in [0, 0.1) is 0 Å². The summed E-state index contributed by atoms with van der Waals surface area (Å²) in [5.74, 6) is 0.795. The summed E-state index contributed by atoms with van der Waals surface area (Å²) in [6.07, 6.45) is 3.11. The molecule has 0 heterocycles. The first-order valence-electron chi connectivity index (χ1n) is 8.09. The highest BCUT2D eigenvalue weighted by atomic mass is 16.5. The summed E-state index contributed by atoms with van der Waals surface area (Å²) in [6.45, 7) is 7.37. The number of benzene rings is 2. The molecule has 0 spiro atoms. The Morgan fingerprint density at radius 3 is 2.41 bits per heavy atom. The minimum absolute atomic E-state index is 0.153. The van der Waals surface area contributed by atoms with Crippen LogP contribution in [-0.2, 0) is 11.8 Å². The topological polar surface area (TPSA) is 35.2 Å². The molecule has 0 atom stereocenters. The zero-order valence-electron chi connectivity index (χ0n) is 13.9. The molecule has 0 saturated heterocycles. The van der Waals surface area contributed by atoms with Crippen LogP contribution in [0.4, 0.5) is 5.69 Å². The number of hydrogen-bond donors (Lipinski definition) is 1. The molecule has 2 heteroatoms. The van der Waals surface area contributed by atoms with E-state index in [-0.39, 0.29) is 5.41 Å². The van der Waals surface area contributed by atoms with E-state index in [1.54, 1.807) is 0 Å². The molecule has 0 bridgehead atoms. The highest BCUT2D eigenvalue weighted by Crippen LogP contribution is 2.32. The quantitative estimate of drug-likeness (QED) is 0.578. The summed E-state index contributed by atoms with van der Waals surface area (Å²) >= 11 is 0. The molecule has 0 saturated carbocycles. The van der Waals surface area contributed by atoms with Crippen LogP contribution in [0.25, 0.3) is 0 Å². The predicted molar refractivity (Wildman–Crippen MR) is 94.4 cm³/mol. The second-order valence-corrected chi connectivity index (χ2v) is 6.43. The molecule has 2 N–H and O–H groups in total. The minimum Gasteiger partial charge on any atom is -0.491 e. The molecule has 118 valence electrons. The fourth-order valence-corrected chi connectivity index (χ4v) is 2.41.